The van der Waals surface area contributed by atoms with Crippen LogP contribution in [0, 0.1) is 12.7 Å². The van der Waals surface area contributed by atoms with E-state index in [0.29, 0.717) is 6.54 Å². The van der Waals surface area contributed by atoms with E-state index in [0.717, 1.165) is 16.0 Å². The monoisotopic (exact) mass is 301 g/mol. The van der Waals surface area contributed by atoms with Crippen LogP contribution in [-0.2, 0) is 16.6 Å². The smallest absolute Gasteiger partial charge is 0.238 e. The van der Waals surface area contributed by atoms with Gasteiger partial charge in [-0.3, -0.25) is 0 Å². The van der Waals surface area contributed by atoms with Crippen molar-refractivity contribution < 1.29 is 12.8 Å². The third-order valence-electron chi connectivity index (χ3n) is 2.39. The zero-order chi connectivity index (χ0) is 14.0. The van der Waals surface area contributed by atoms with Crippen LogP contribution in [0.25, 0.3) is 0 Å². The van der Waals surface area contributed by atoms with E-state index in [4.69, 9.17) is 5.14 Å². The van der Waals surface area contributed by atoms with Crippen molar-refractivity contribution in [1.29, 1.82) is 0 Å². The fourth-order valence-electron chi connectivity index (χ4n) is 1.49. The molecule has 0 atom stereocenters. The van der Waals surface area contributed by atoms with Crippen molar-refractivity contribution in [2.45, 2.75) is 18.4 Å². The molecule has 1 aromatic carbocycles. The molecule has 8 heteroatoms. The van der Waals surface area contributed by atoms with Crippen molar-refractivity contribution in [1.82, 2.24) is 4.98 Å². The van der Waals surface area contributed by atoms with Gasteiger partial charge < -0.3 is 5.32 Å². The van der Waals surface area contributed by atoms with Gasteiger partial charge in [0.2, 0.25) is 10.0 Å². The van der Waals surface area contributed by atoms with Gasteiger partial charge in [0.05, 0.1) is 22.1 Å². The van der Waals surface area contributed by atoms with E-state index in [9.17, 15) is 12.8 Å². The number of thiazole rings is 1. The number of aromatic nitrogens is 1. The van der Waals surface area contributed by atoms with Gasteiger partial charge in [0.1, 0.15) is 5.82 Å². The molecule has 1 heterocycles. The molecular formula is C11H12FN3O2S2. The van der Waals surface area contributed by atoms with E-state index in [1.807, 2.05) is 6.92 Å². The summed E-state index contributed by atoms with van der Waals surface area (Å²) in [4.78, 5) is 4.81. The van der Waals surface area contributed by atoms with E-state index in [-0.39, 0.29) is 10.6 Å². The van der Waals surface area contributed by atoms with E-state index in [1.165, 1.54) is 23.5 Å². The quantitative estimate of drug-likeness (QED) is 0.902. The molecule has 0 saturated carbocycles. The molecule has 0 radical (unpaired) electrons. The molecule has 0 aliphatic rings. The Labute approximate surface area is 114 Å². The summed E-state index contributed by atoms with van der Waals surface area (Å²) in [6.45, 7) is 2.31. The Morgan fingerprint density at radius 1 is 1.47 bits per heavy atom. The van der Waals surface area contributed by atoms with E-state index >= 15 is 0 Å². The van der Waals surface area contributed by atoms with Crippen LogP contribution in [0.4, 0.5) is 10.1 Å². The number of rotatable bonds is 4. The Kier molecular flexibility index (Phi) is 3.83. The summed E-state index contributed by atoms with van der Waals surface area (Å²) in [5.74, 6) is -0.659. The maximum atomic E-state index is 13.7. The molecule has 5 nitrogen and oxygen atoms in total. The third kappa shape index (κ3) is 3.49. The largest absolute Gasteiger partial charge is 0.378 e. The minimum absolute atomic E-state index is 0.221. The maximum Gasteiger partial charge on any atom is 0.238 e. The molecule has 2 aromatic rings. The Morgan fingerprint density at radius 3 is 2.74 bits per heavy atom. The summed E-state index contributed by atoms with van der Waals surface area (Å²) in [5, 5.41) is 8.74. The van der Waals surface area contributed by atoms with Gasteiger partial charge in [0, 0.05) is 11.1 Å². The van der Waals surface area contributed by atoms with Gasteiger partial charge in [0.15, 0.2) is 0 Å². The molecule has 0 unspecified atom stereocenters. The molecule has 0 saturated heterocycles. The summed E-state index contributed by atoms with van der Waals surface area (Å²) in [5.41, 5.74) is 0.221. The third-order valence-corrected chi connectivity index (χ3v) is 4.22. The highest BCUT2D eigenvalue weighted by Gasteiger charge is 2.11. The van der Waals surface area contributed by atoms with Crippen molar-refractivity contribution >= 4 is 27.0 Å². The number of sulfonamides is 1. The number of anilines is 1. The molecular weight excluding hydrogens is 289 g/mol. The average molecular weight is 301 g/mol. The Morgan fingerprint density at radius 2 is 2.21 bits per heavy atom. The molecule has 0 spiro atoms. The number of aryl methyl sites for hydroxylation is 1. The van der Waals surface area contributed by atoms with Gasteiger partial charge in [0.25, 0.3) is 0 Å². The van der Waals surface area contributed by atoms with Crippen LogP contribution in [0.1, 0.15) is 9.88 Å². The van der Waals surface area contributed by atoms with Gasteiger partial charge in [-0.15, -0.1) is 11.3 Å². The Hall–Kier alpha value is -1.51. The maximum absolute atomic E-state index is 13.7. The van der Waals surface area contributed by atoms with Crippen molar-refractivity contribution in [2.24, 2.45) is 5.14 Å². The lowest BCUT2D eigenvalue weighted by Gasteiger charge is -2.07. The first-order valence-electron chi connectivity index (χ1n) is 5.34. The molecule has 1 aromatic heterocycles. The van der Waals surface area contributed by atoms with Crippen LogP contribution >= 0.6 is 11.3 Å². The van der Waals surface area contributed by atoms with Gasteiger partial charge in [-0.1, -0.05) is 0 Å². The molecule has 102 valence electrons. The summed E-state index contributed by atoms with van der Waals surface area (Å²) in [6, 6.07) is 3.51. The molecule has 0 aliphatic carbocycles. The first-order valence-corrected chi connectivity index (χ1v) is 7.70. The first kappa shape index (κ1) is 13.9. The predicted molar refractivity (Wildman–Crippen MR) is 72.0 cm³/mol. The summed E-state index contributed by atoms with van der Waals surface area (Å²) in [6.07, 6.45) is 1.71. The topological polar surface area (TPSA) is 85.1 Å². The molecule has 0 aliphatic heterocycles. The summed E-state index contributed by atoms with van der Waals surface area (Å²) >= 11 is 1.51. The van der Waals surface area contributed by atoms with Crippen LogP contribution in [0.3, 0.4) is 0 Å². The molecule has 0 amide bonds. The van der Waals surface area contributed by atoms with Crippen molar-refractivity contribution in [3.05, 3.63) is 40.1 Å². The fourth-order valence-corrected chi connectivity index (χ4v) is 2.75. The number of nitrogens with two attached hydrogens (primary N) is 1. The van der Waals surface area contributed by atoms with Crippen molar-refractivity contribution in [2.75, 3.05) is 5.32 Å². The minimum atomic E-state index is -3.88. The second-order valence-electron chi connectivity index (χ2n) is 3.89. The van der Waals surface area contributed by atoms with Crippen LogP contribution in [-0.4, -0.2) is 13.4 Å². The molecule has 2 rings (SSSR count). The number of hydrogen-bond acceptors (Lipinski definition) is 5. The van der Waals surface area contributed by atoms with Crippen LogP contribution in [0.15, 0.2) is 29.3 Å². The van der Waals surface area contributed by atoms with Crippen LogP contribution in [0.2, 0.25) is 0 Å². The second kappa shape index (κ2) is 5.24. The van der Waals surface area contributed by atoms with E-state index < -0.39 is 15.8 Å². The fraction of sp³-hybridized carbons (Fsp3) is 0.182. The number of halogens is 1. The van der Waals surface area contributed by atoms with E-state index in [2.05, 4.69) is 10.3 Å². The van der Waals surface area contributed by atoms with Gasteiger partial charge in [-0.25, -0.2) is 22.9 Å². The number of nitrogens with zero attached hydrogens (tertiary/aromatic N) is 1. The molecule has 0 fully saturated rings. The Bertz CT molecular complexity index is 698. The van der Waals surface area contributed by atoms with Crippen molar-refractivity contribution in [3.63, 3.8) is 0 Å². The highest BCUT2D eigenvalue weighted by atomic mass is 32.2. The molecule has 3 N–H and O–H groups in total. The lowest BCUT2D eigenvalue weighted by Crippen LogP contribution is -2.12. The summed E-state index contributed by atoms with van der Waals surface area (Å²) in [7, 11) is -3.88. The predicted octanol–water partition coefficient (Wildman–Crippen LogP) is 1.85. The average Bonchev–Trinajstić information content (AvgIpc) is 2.72. The Balaban J connectivity index is 2.14. The zero-order valence-corrected chi connectivity index (χ0v) is 11.7. The van der Waals surface area contributed by atoms with Crippen LogP contribution in [0.5, 0.6) is 0 Å². The molecule has 19 heavy (non-hydrogen) atoms. The lowest BCUT2D eigenvalue weighted by molar-refractivity contribution is 0.593. The number of nitrogens with one attached hydrogen (secondary N) is 1. The second-order valence-corrected chi connectivity index (χ2v) is 6.77. The van der Waals surface area contributed by atoms with Crippen molar-refractivity contribution in [3.8, 4) is 0 Å². The highest BCUT2D eigenvalue weighted by molar-refractivity contribution is 7.89. The minimum Gasteiger partial charge on any atom is -0.378 e. The lowest BCUT2D eigenvalue weighted by atomic mass is 10.3. The number of hydrogen-bond donors (Lipinski definition) is 2. The first-order chi connectivity index (χ1) is 8.86. The van der Waals surface area contributed by atoms with Crippen LogP contribution < -0.4 is 10.5 Å². The summed E-state index contributed by atoms with van der Waals surface area (Å²) < 4.78 is 35.8. The number of benzene rings is 1. The zero-order valence-electron chi connectivity index (χ0n) is 10.1. The highest BCUT2D eigenvalue weighted by Crippen LogP contribution is 2.20. The normalized spacial score (nSPS) is 11.5. The van der Waals surface area contributed by atoms with Gasteiger partial charge in [-0.05, 0) is 25.1 Å². The van der Waals surface area contributed by atoms with Gasteiger partial charge >= 0.3 is 0 Å². The number of primary sulfonamides is 1. The molecule has 0 bridgehead atoms. The van der Waals surface area contributed by atoms with E-state index in [1.54, 1.807) is 6.20 Å². The SMILES string of the molecule is Cc1ncc(CNc2ccc(S(N)(=O)=O)cc2F)s1. The van der Waals surface area contributed by atoms with Gasteiger partial charge in [-0.2, -0.15) is 0 Å². The standard InChI is InChI=1S/C11H12FN3O2S2/c1-7-14-5-8(18-7)6-15-11-3-2-9(4-10(11)12)19(13,16)17/h2-5,15H,6H2,1H3,(H2,13,16,17).